The van der Waals surface area contributed by atoms with E-state index in [0.29, 0.717) is 6.04 Å². The number of rotatable bonds is 4. The van der Waals surface area contributed by atoms with Gasteiger partial charge in [-0.2, -0.15) is 0 Å². The summed E-state index contributed by atoms with van der Waals surface area (Å²) >= 11 is 1.67. The third-order valence-electron chi connectivity index (χ3n) is 5.79. The van der Waals surface area contributed by atoms with Gasteiger partial charge in [-0.1, -0.05) is 30.3 Å². The van der Waals surface area contributed by atoms with Gasteiger partial charge < -0.3 is 11.1 Å². The number of hydrazine groups is 1. The molecule has 5 N–H and O–H groups in total. The molecule has 1 saturated heterocycles. The maximum atomic E-state index is 11.7. The van der Waals surface area contributed by atoms with E-state index in [2.05, 4.69) is 44.3 Å². The predicted octanol–water partition coefficient (Wildman–Crippen LogP) is 2.27. The molecule has 1 aliphatic carbocycles. The van der Waals surface area contributed by atoms with Gasteiger partial charge in [0.15, 0.2) is 0 Å². The highest BCUT2D eigenvalue weighted by molar-refractivity contribution is 7.21. The highest BCUT2D eigenvalue weighted by Crippen LogP contribution is 2.37. The maximum absolute atomic E-state index is 11.7. The highest BCUT2D eigenvalue weighted by atomic mass is 32.1. The molecule has 0 bridgehead atoms. The van der Waals surface area contributed by atoms with Crippen molar-refractivity contribution in [2.24, 2.45) is 11.7 Å². The average molecular weight is 395 g/mol. The van der Waals surface area contributed by atoms with Crippen LogP contribution in [0.2, 0.25) is 0 Å². The van der Waals surface area contributed by atoms with Crippen molar-refractivity contribution < 1.29 is 4.79 Å². The van der Waals surface area contributed by atoms with Crippen LogP contribution in [0, 0.1) is 5.92 Å². The first-order valence-corrected chi connectivity index (χ1v) is 10.4. The van der Waals surface area contributed by atoms with Crippen molar-refractivity contribution in [3.05, 3.63) is 42.7 Å². The lowest BCUT2D eigenvalue weighted by atomic mass is 9.79. The second kappa shape index (κ2) is 7.12. The lowest BCUT2D eigenvalue weighted by molar-refractivity contribution is -0.120. The van der Waals surface area contributed by atoms with Crippen molar-refractivity contribution >= 4 is 33.3 Å². The Bertz CT molecular complexity index is 1010. The topological polar surface area (TPSA) is 105 Å². The van der Waals surface area contributed by atoms with Crippen LogP contribution in [0.5, 0.6) is 0 Å². The summed E-state index contributed by atoms with van der Waals surface area (Å²) in [5.41, 5.74) is 13.0. The summed E-state index contributed by atoms with van der Waals surface area (Å²) in [6, 6.07) is 12.7. The van der Waals surface area contributed by atoms with Gasteiger partial charge >= 0.3 is 0 Å². The molecule has 2 fully saturated rings. The van der Waals surface area contributed by atoms with E-state index >= 15 is 0 Å². The molecule has 8 heteroatoms. The lowest BCUT2D eigenvalue weighted by Gasteiger charge is -2.33. The molecule has 1 amide bonds. The summed E-state index contributed by atoms with van der Waals surface area (Å²) in [6.45, 7) is 0. The molecule has 1 saturated carbocycles. The number of benzene rings is 1. The van der Waals surface area contributed by atoms with E-state index in [1.54, 1.807) is 17.7 Å². The van der Waals surface area contributed by atoms with Crippen LogP contribution in [0.25, 0.3) is 20.7 Å². The van der Waals surface area contributed by atoms with Gasteiger partial charge in [0.2, 0.25) is 5.91 Å². The monoisotopic (exact) mass is 394 g/mol. The van der Waals surface area contributed by atoms with Crippen molar-refractivity contribution in [3.8, 4) is 10.4 Å². The molecule has 1 aromatic carbocycles. The van der Waals surface area contributed by atoms with E-state index in [-0.39, 0.29) is 23.9 Å². The van der Waals surface area contributed by atoms with Crippen LogP contribution in [0.15, 0.2) is 42.7 Å². The average Bonchev–Trinajstić information content (AvgIpc) is 3.33. The standard InChI is InChI=1S/C20H22N6OS/c21-18(27)17-13-8-12(6-7-15(13)25-26-17)24-19-14-9-16(11-4-2-1-3-5-11)28-20(14)23-10-22-19/h1-5,9-10,12-13,15,17,25-26H,6-8H2,(H2,21,27)(H,22,23,24). The van der Waals surface area contributed by atoms with E-state index in [9.17, 15) is 4.79 Å². The van der Waals surface area contributed by atoms with Gasteiger partial charge in [-0.3, -0.25) is 10.2 Å². The minimum atomic E-state index is -0.314. The van der Waals surface area contributed by atoms with E-state index in [4.69, 9.17) is 5.73 Å². The third-order valence-corrected chi connectivity index (χ3v) is 6.88. The van der Waals surface area contributed by atoms with Crippen LogP contribution < -0.4 is 21.9 Å². The molecule has 3 aromatic rings. The van der Waals surface area contributed by atoms with Gasteiger partial charge in [0.25, 0.3) is 0 Å². The fourth-order valence-electron chi connectivity index (χ4n) is 4.38. The molecule has 7 nitrogen and oxygen atoms in total. The molecule has 3 heterocycles. The largest absolute Gasteiger partial charge is 0.368 e. The number of nitrogens with zero attached hydrogens (tertiary/aromatic N) is 2. The summed E-state index contributed by atoms with van der Waals surface area (Å²) < 4.78 is 0. The first-order valence-electron chi connectivity index (χ1n) is 9.56. The number of primary amides is 1. The number of anilines is 1. The van der Waals surface area contributed by atoms with E-state index in [1.165, 1.54) is 10.4 Å². The van der Waals surface area contributed by atoms with Crippen LogP contribution in [0.3, 0.4) is 0 Å². The van der Waals surface area contributed by atoms with Crippen molar-refractivity contribution in [2.75, 3.05) is 5.32 Å². The molecule has 4 atom stereocenters. The SMILES string of the molecule is NC(=O)C1NNC2CCC(Nc3ncnc4sc(-c5ccccc5)cc34)CC21. The van der Waals surface area contributed by atoms with Crippen LogP contribution in [-0.4, -0.2) is 34.0 Å². The number of hydrogen-bond acceptors (Lipinski definition) is 7. The molecule has 4 unspecified atom stereocenters. The van der Waals surface area contributed by atoms with Crippen LogP contribution in [-0.2, 0) is 4.79 Å². The molecule has 5 rings (SSSR count). The number of aromatic nitrogens is 2. The number of thiophene rings is 1. The molecule has 2 aliphatic rings. The number of nitrogens with one attached hydrogen (secondary N) is 3. The molecule has 28 heavy (non-hydrogen) atoms. The Kier molecular flexibility index (Phi) is 4.46. The summed E-state index contributed by atoms with van der Waals surface area (Å²) in [7, 11) is 0. The minimum Gasteiger partial charge on any atom is -0.368 e. The fourth-order valence-corrected chi connectivity index (χ4v) is 5.38. The Labute approximate surface area is 166 Å². The van der Waals surface area contributed by atoms with Gasteiger partial charge in [-0.15, -0.1) is 11.3 Å². The highest BCUT2D eigenvalue weighted by Gasteiger charge is 2.42. The molecular formula is C20H22N6OS. The molecular weight excluding hydrogens is 372 g/mol. The van der Waals surface area contributed by atoms with Gasteiger partial charge in [-0.05, 0) is 30.9 Å². The van der Waals surface area contributed by atoms with Crippen LogP contribution >= 0.6 is 11.3 Å². The van der Waals surface area contributed by atoms with Crippen LogP contribution in [0.1, 0.15) is 19.3 Å². The van der Waals surface area contributed by atoms with E-state index in [1.807, 2.05) is 18.2 Å². The number of carbonyl (C=O) groups is 1. The summed E-state index contributed by atoms with van der Waals surface area (Å²) in [6.07, 6.45) is 4.50. The lowest BCUT2D eigenvalue weighted by Crippen LogP contribution is -2.44. The quantitative estimate of drug-likeness (QED) is 0.541. The molecule has 0 spiro atoms. The number of carbonyl (C=O) groups excluding carboxylic acids is 1. The first-order chi connectivity index (χ1) is 13.7. The van der Waals surface area contributed by atoms with Gasteiger partial charge in [0.05, 0.1) is 5.39 Å². The smallest absolute Gasteiger partial charge is 0.236 e. The summed E-state index contributed by atoms with van der Waals surface area (Å²) in [5.74, 6) is 0.764. The van der Waals surface area contributed by atoms with Crippen molar-refractivity contribution in [1.82, 2.24) is 20.8 Å². The normalized spacial score (nSPS) is 26.9. The molecule has 0 radical (unpaired) electrons. The zero-order valence-corrected chi connectivity index (χ0v) is 16.1. The number of hydrogen-bond donors (Lipinski definition) is 4. The zero-order valence-electron chi connectivity index (χ0n) is 15.3. The Morgan fingerprint density at radius 1 is 1.18 bits per heavy atom. The minimum absolute atomic E-state index is 0.198. The number of nitrogens with two attached hydrogens (primary N) is 1. The first kappa shape index (κ1) is 17.5. The van der Waals surface area contributed by atoms with Crippen LogP contribution in [0.4, 0.5) is 5.82 Å². The van der Waals surface area contributed by atoms with E-state index < -0.39 is 0 Å². The summed E-state index contributed by atoms with van der Waals surface area (Å²) in [5, 5.41) is 4.65. The molecule has 144 valence electrons. The van der Waals surface area contributed by atoms with Crippen molar-refractivity contribution in [1.29, 1.82) is 0 Å². The third kappa shape index (κ3) is 3.13. The van der Waals surface area contributed by atoms with Gasteiger partial charge in [-0.25, -0.2) is 15.4 Å². The van der Waals surface area contributed by atoms with Crippen molar-refractivity contribution in [3.63, 3.8) is 0 Å². The second-order valence-corrected chi connectivity index (χ2v) is 8.54. The fraction of sp³-hybridized carbons (Fsp3) is 0.350. The maximum Gasteiger partial charge on any atom is 0.236 e. The predicted molar refractivity (Wildman–Crippen MR) is 111 cm³/mol. The van der Waals surface area contributed by atoms with Crippen molar-refractivity contribution in [2.45, 2.75) is 37.4 Å². The second-order valence-electron chi connectivity index (χ2n) is 7.51. The Morgan fingerprint density at radius 3 is 2.86 bits per heavy atom. The number of amides is 1. The summed E-state index contributed by atoms with van der Waals surface area (Å²) in [4.78, 5) is 22.8. The van der Waals surface area contributed by atoms with Gasteiger partial charge in [0.1, 0.15) is 23.0 Å². The molecule has 1 aliphatic heterocycles. The van der Waals surface area contributed by atoms with E-state index in [0.717, 1.165) is 35.3 Å². The Balaban J connectivity index is 1.39. The zero-order chi connectivity index (χ0) is 19.1. The Hall–Kier alpha value is -2.55. The Morgan fingerprint density at radius 2 is 2.04 bits per heavy atom. The number of fused-ring (bicyclic) bond motifs is 2. The molecule has 2 aromatic heterocycles. The van der Waals surface area contributed by atoms with Gasteiger partial charge in [0, 0.05) is 22.9 Å².